The molecule has 13 heterocycles. The van der Waals surface area contributed by atoms with Gasteiger partial charge in [0, 0.05) is 119 Å². The monoisotopic (exact) mass is 1720 g/mol. The predicted octanol–water partition coefficient (Wildman–Crippen LogP) is 17.9. The summed E-state index contributed by atoms with van der Waals surface area (Å²) in [6.45, 7) is 12.9. The molecule has 0 radical (unpaired) electrons. The lowest BCUT2D eigenvalue weighted by Gasteiger charge is -2.40. The van der Waals surface area contributed by atoms with E-state index >= 15 is 0 Å². The van der Waals surface area contributed by atoms with Gasteiger partial charge in [-0.05, 0) is 271 Å². The summed E-state index contributed by atoms with van der Waals surface area (Å²) in [5, 5.41) is 22.4. The molecule has 1 aromatic carbocycles. The highest BCUT2D eigenvalue weighted by atomic mass is 16.6. The Labute approximate surface area is 740 Å². The average molecular weight is 1720 g/mol. The van der Waals surface area contributed by atoms with E-state index < -0.39 is 0 Å². The number of ketones is 1. The summed E-state index contributed by atoms with van der Waals surface area (Å²) in [7, 11) is 2.82. The first-order valence-corrected chi connectivity index (χ1v) is 47.7. The molecule has 16 aliphatic rings. The number of carbonyl (C=O) groups is 6. The van der Waals surface area contributed by atoms with Crippen LogP contribution in [-0.4, -0.2) is 162 Å². The molecular weight excluding hydrogens is 1580 g/mol. The van der Waals surface area contributed by atoms with Gasteiger partial charge in [0.2, 0.25) is 17.7 Å². The van der Waals surface area contributed by atoms with Crippen molar-refractivity contribution >= 4 is 58.5 Å². The second kappa shape index (κ2) is 40.1. The van der Waals surface area contributed by atoms with E-state index in [0.717, 1.165) is 201 Å². The van der Waals surface area contributed by atoms with Gasteiger partial charge in [-0.3, -0.25) is 39.2 Å². The number of piperidine rings is 3. The molecule has 5 amide bonds. The molecule has 2 N–H and O–H groups in total. The van der Waals surface area contributed by atoms with Crippen LogP contribution in [0.15, 0.2) is 73.5 Å². The molecule has 8 aliphatic heterocycles. The van der Waals surface area contributed by atoms with Crippen molar-refractivity contribution in [1.29, 1.82) is 0 Å². The fourth-order valence-corrected chi connectivity index (χ4v) is 27.1. The van der Waals surface area contributed by atoms with Crippen molar-refractivity contribution in [3.05, 3.63) is 140 Å². The average Bonchev–Trinajstić information content (AvgIpc) is 1.59. The van der Waals surface area contributed by atoms with Crippen LogP contribution in [0.3, 0.4) is 0 Å². The van der Waals surface area contributed by atoms with E-state index in [4.69, 9.17) is 20.2 Å². The zero-order valence-electron chi connectivity index (χ0n) is 75.0. The summed E-state index contributed by atoms with van der Waals surface area (Å²) in [6, 6.07) is 18.1. The molecule has 14 atom stereocenters. The van der Waals surface area contributed by atoms with Gasteiger partial charge >= 0.3 is 12.2 Å². The van der Waals surface area contributed by atoms with Crippen LogP contribution in [0.5, 0.6) is 0 Å². The maximum absolute atomic E-state index is 12.0. The predicted molar refractivity (Wildman–Crippen MR) is 480 cm³/mol. The largest absolute Gasteiger partial charge is 0.619 e. The Balaban J connectivity index is 0.000000115. The van der Waals surface area contributed by atoms with Crippen molar-refractivity contribution in [3.8, 4) is 0 Å². The molecule has 14 fully saturated rings. The number of imidazole rings is 3. The van der Waals surface area contributed by atoms with Crippen LogP contribution in [0.2, 0.25) is 0 Å². The van der Waals surface area contributed by atoms with E-state index in [9.17, 15) is 44.1 Å². The fraction of sp³-hybridized carbons (Fsp3) is 0.687. The molecule has 125 heavy (non-hydrogen) atoms. The Morgan fingerprint density at radius 3 is 1.50 bits per heavy atom. The fourth-order valence-electron chi connectivity index (χ4n) is 27.1. The van der Waals surface area contributed by atoms with Gasteiger partial charge < -0.3 is 53.7 Å². The highest BCUT2D eigenvalue weighted by Gasteiger charge is 2.48. The van der Waals surface area contributed by atoms with E-state index in [1.165, 1.54) is 160 Å². The van der Waals surface area contributed by atoms with E-state index in [-0.39, 0.29) is 47.9 Å². The van der Waals surface area contributed by atoms with Crippen LogP contribution >= 0.6 is 0 Å². The van der Waals surface area contributed by atoms with Crippen LogP contribution < -0.4 is 10.5 Å². The number of amides is 5. The lowest BCUT2D eigenvalue weighted by molar-refractivity contribution is -0.606. The summed E-state index contributed by atoms with van der Waals surface area (Å²) in [5.74, 6) is 13.2. The topological polar surface area (TPSA) is 300 Å². The van der Waals surface area contributed by atoms with Crippen LogP contribution in [0.4, 0.5) is 15.3 Å². The van der Waals surface area contributed by atoms with Crippen LogP contribution in [0.25, 0.3) is 17.1 Å². The standard InChI is InChI=1S/C18H26N4O3.C18H24N4O3.C16H20N4O.C16H22.C14H18N2O3.C8H15N.C8H12O.CH4/c2*1-11-19-16-6-7-20(18(24)25-3)10-17(16)21(11)15-8-13-4-5-14(9-15)22(13)12(2)23;1-10-18-15-5-6-17-9-16(15)19(10)14-7-12-3-4-13(8-14)20(12)11(2)21;1-2-4-13(5-3-1)6-7-14-10-15-8-9-16(11-14)12-15;17-15-4-3-14(16(18)19)13(9-15)8-12-6-10-1-2-11(5-10)7-12;2*9-8-4-6-1-2-7(3-6)5-8;/h13-15H,4-10H2,1-3H3;6-7,13-15H,4-5,8-10H2,1-3H3;5-6,9,12-14H,3-4,7-8H2,1-2H3;1-5,14-16H,6-12H2;3-4,9-12H,1-2,5-8H2;6-8H,1-5,9H2;6-7H,1-5H2;1H4. The van der Waals surface area contributed by atoms with Gasteiger partial charge in [-0.25, -0.2) is 24.5 Å². The van der Waals surface area contributed by atoms with E-state index in [0.29, 0.717) is 108 Å². The number of nitrogens with zero attached hydrogens (tertiary/aromatic N) is 14. The third kappa shape index (κ3) is 20.9. The number of fused-ring (bicyclic) bond motifs is 17. The SMILES string of the molecule is C.CC(=O)N1C2CCC1CC(n1c(C)nc3ccncc31)C2.COC(=O)N1C=Cc2nc(C)n(C3CC4CCC(C3)N4C(C)=O)c2C1.COC(=O)N1CCc2nc(C)n(C3CC4CCC(C3)N4C(C)=O)c2C1.NC1CC2CCC(C1)C2.O=C1CC2CCC(C1)C2.O=[N+]([O-])c1cc[n+]([O-])cc1CC1CC2CCC(C2)C1.c1ccc(CCC2CC3CCC(C2)C3)cc1. The Hall–Kier alpha value is -9.07. The van der Waals surface area contributed by atoms with Gasteiger partial charge in [0.05, 0.1) is 83.9 Å². The number of aryl methyl sites for hydroxylation is 4. The van der Waals surface area contributed by atoms with Crippen LogP contribution in [0.1, 0.15) is 310 Å². The number of nitrogens with two attached hydrogens (primary N) is 1. The summed E-state index contributed by atoms with van der Waals surface area (Å²) in [4.78, 5) is 109. The number of carbonyl (C=O) groups excluding carboxylic acids is 6. The van der Waals surface area contributed by atoms with E-state index in [1.54, 1.807) is 49.4 Å². The lowest BCUT2D eigenvalue weighted by atomic mass is 9.78. The van der Waals surface area contributed by atoms with Crippen molar-refractivity contribution in [2.24, 2.45) is 64.9 Å². The minimum atomic E-state index is -0.382. The lowest BCUT2D eigenvalue weighted by Crippen LogP contribution is -2.46. The number of methoxy groups -OCH3 is 2. The second-order valence-electron chi connectivity index (χ2n) is 40.3. The molecule has 8 saturated carbocycles. The highest BCUT2D eigenvalue weighted by Crippen LogP contribution is 2.51. The first-order chi connectivity index (χ1) is 59.8. The molecule has 26 nitrogen and oxygen atoms in total. The normalized spacial score (nSPS) is 31.1. The first kappa shape index (κ1) is 90.7. The molecule has 678 valence electrons. The molecule has 14 unspecified atom stereocenters. The maximum Gasteiger partial charge on any atom is 0.413 e. The minimum absolute atomic E-state index is 0. The van der Waals surface area contributed by atoms with Gasteiger partial charge in [0.15, 0.2) is 12.4 Å². The molecule has 6 aromatic rings. The quantitative estimate of drug-likeness (QED) is 0.0609. The smallest absolute Gasteiger partial charge is 0.413 e. The third-order valence-corrected chi connectivity index (χ3v) is 32.0. The molecule has 8 aliphatic carbocycles. The van der Waals surface area contributed by atoms with Gasteiger partial charge in [0.1, 0.15) is 23.3 Å². The van der Waals surface area contributed by atoms with Crippen molar-refractivity contribution in [2.75, 3.05) is 20.8 Å². The van der Waals surface area contributed by atoms with Crippen molar-refractivity contribution in [2.45, 2.75) is 354 Å². The number of Topliss-reactive ketones (excluding diaryl/α,β-unsaturated/α-hetero) is 1. The molecule has 6 saturated heterocycles. The van der Waals surface area contributed by atoms with Crippen LogP contribution in [0, 0.1) is 95.3 Å². The van der Waals surface area contributed by atoms with Crippen LogP contribution in [-0.2, 0) is 61.0 Å². The summed E-state index contributed by atoms with van der Waals surface area (Å²) < 4.78 is 17.4. The first-order valence-electron chi connectivity index (χ1n) is 47.7. The number of nitro groups is 1. The number of hydrogen-bond donors (Lipinski definition) is 1. The Morgan fingerprint density at radius 2 is 1.00 bits per heavy atom. The number of pyridine rings is 2. The van der Waals surface area contributed by atoms with Gasteiger partial charge in [-0.15, -0.1) is 0 Å². The second-order valence-corrected chi connectivity index (χ2v) is 40.3. The molecule has 14 bridgehead atoms. The summed E-state index contributed by atoms with van der Waals surface area (Å²) in [5.41, 5.74) is 14.5. The highest BCUT2D eigenvalue weighted by molar-refractivity contribution is 5.80. The number of hydrogen-bond acceptors (Lipinski definition) is 16. The Kier molecular flexibility index (Phi) is 29.1. The van der Waals surface area contributed by atoms with Crippen molar-refractivity contribution in [3.63, 3.8) is 0 Å². The van der Waals surface area contributed by atoms with Gasteiger partial charge in [-0.2, -0.15) is 4.73 Å². The summed E-state index contributed by atoms with van der Waals surface area (Å²) in [6.07, 6.45) is 52.9. The number of rotatable bonds is 9. The van der Waals surface area contributed by atoms with E-state index in [1.807, 2.05) is 25.3 Å². The maximum atomic E-state index is 12.0. The van der Waals surface area contributed by atoms with Crippen molar-refractivity contribution < 1.29 is 47.9 Å². The Bertz CT molecular complexity index is 4730. The minimum Gasteiger partial charge on any atom is -0.619 e. The Morgan fingerprint density at radius 1 is 0.536 bits per heavy atom. The zero-order valence-corrected chi connectivity index (χ0v) is 75.0. The molecule has 22 rings (SSSR count). The number of benzene rings is 1. The summed E-state index contributed by atoms with van der Waals surface area (Å²) >= 11 is 0. The van der Waals surface area contributed by atoms with Gasteiger partial charge in [-0.1, -0.05) is 76.3 Å². The zero-order chi connectivity index (χ0) is 86.7. The van der Waals surface area contributed by atoms with Crippen molar-refractivity contribution in [1.82, 2.24) is 58.1 Å². The molecule has 0 spiro atoms. The third-order valence-electron chi connectivity index (χ3n) is 32.0. The van der Waals surface area contributed by atoms with Gasteiger partial charge in [0.25, 0.3) is 5.69 Å². The molecule has 26 heteroatoms. The number of aromatic nitrogens is 8. The van der Waals surface area contributed by atoms with E-state index in [2.05, 4.69) is 87.5 Å². The number of ether oxygens (including phenoxy) is 2. The molecular formula is C99H141N15O11. The molecule has 5 aromatic heterocycles.